The smallest absolute Gasteiger partial charge is 0.129 e. The molecule has 0 amide bonds. The van der Waals surface area contributed by atoms with Crippen LogP contribution in [0.1, 0.15) is 5.69 Å². The van der Waals surface area contributed by atoms with E-state index in [-0.39, 0.29) is 0 Å². The zero-order valence-electron chi connectivity index (χ0n) is 9.55. The van der Waals surface area contributed by atoms with Gasteiger partial charge in [-0.25, -0.2) is 4.98 Å². The summed E-state index contributed by atoms with van der Waals surface area (Å²) in [6, 6.07) is 13.2. The second-order valence-electron chi connectivity index (χ2n) is 3.52. The number of aromatic nitrogens is 1. The van der Waals surface area contributed by atoms with E-state index in [1.165, 1.54) is 0 Å². The largest absolute Gasteiger partial charge is 0.507 e. The second kappa shape index (κ2) is 5.59. The molecule has 0 spiro atoms. The maximum Gasteiger partial charge on any atom is 0.129 e. The second-order valence-corrected chi connectivity index (χ2v) is 4.54. The number of thioether (sulfide) groups is 1. The predicted molar refractivity (Wildman–Crippen MR) is 71.5 cm³/mol. The third kappa shape index (κ3) is 3.14. The van der Waals surface area contributed by atoms with E-state index in [2.05, 4.69) is 10.3 Å². The molecule has 3 nitrogen and oxygen atoms in total. The van der Waals surface area contributed by atoms with Gasteiger partial charge in [-0.2, -0.15) is 0 Å². The summed E-state index contributed by atoms with van der Waals surface area (Å²) in [6.45, 7) is 0. The molecule has 2 aromatic rings. The van der Waals surface area contributed by atoms with Crippen LogP contribution in [0.25, 0.3) is 0 Å². The van der Waals surface area contributed by atoms with E-state index in [0.717, 1.165) is 22.2 Å². The SMILES string of the molecule is CNc1cccc(CSc2ccccc2O)n1. The van der Waals surface area contributed by atoms with Crippen LogP contribution in [0.15, 0.2) is 47.4 Å². The summed E-state index contributed by atoms with van der Waals surface area (Å²) in [4.78, 5) is 5.30. The van der Waals surface area contributed by atoms with E-state index >= 15 is 0 Å². The highest BCUT2D eigenvalue weighted by Gasteiger charge is 2.02. The van der Waals surface area contributed by atoms with Crippen molar-refractivity contribution in [3.05, 3.63) is 48.2 Å². The molecule has 0 saturated carbocycles. The van der Waals surface area contributed by atoms with Crippen LogP contribution >= 0.6 is 11.8 Å². The van der Waals surface area contributed by atoms with E-state index in [0.29, 0.717) is 5.75 Å². The molecule has 1 aromatic heterocycles. The molecule has 2 rings (SSSR count). The van der Waals surface area contributed by atoms with Crippen molar-refractivity contribution in [3.63, 3.8) is 0 Å². The molecule has 1 heterocycles. The number of anilines is 1. The Kier molecular flexibility index (Phi) is 3.88. The molecule has 0 atom stereocenters. The van der Waals surface area contributed by atoms with Crippen LogP contribution in [-0.2, 0) is 5.75 Å². The first-order valence-electron chi connectivity index (χ1n) is 5.34. The van der Waals surface area contributed by atoms with E-state index in [9.17, 15) is 5.11 Å². The zero-order chi connectivity index (χ0) is 12.1. The highest BCUT2D eigenvalue weighted by Crippen LogP contribution is 2.29. The predicted octanol–water partition coefficient (Wildman–Crippen LogP) is 3.12. The van der Waals surface area contributed by atoms with Crippen LogP contribution in [-0.4, -0.2) is 17.1 Å². The average Bonchev–Trinajstić information content (AvgIpc) is 2.38. The van der Waals surface area contributed by atoms with Gasteiger partial charge in [0, 0.05) is 17.7 Å². The fourth-order valence-electron chi connectivity index (χ4n) is 1.43. The summed E-state index contributed by atoms with van der Waals surface area (Å²) in [6.07, 6.45) is 0. The van der Waals surface area contributed by atoms with Crippen molar-refractivity contribution >= 4 is 17.6 Å². The molecular formula is C13H14N2OS. The third-order valence-electron chi connectivity index (χ3n) is 2.30. The number of hydrogen-bond acceptors (Lipinski definition) is 4. The molecule has 0 saturated heterocycles. The first-order valence-corrected chi connectivity index (χ1v) is 6.32. The average molecular weight is 246 g/mol. The van der Waals surface area contributed by atoms with Gasteiger partial charge < -0.3 is 10.4 Å². The summed E-state index contributed by atoms with van der Waals surface area (Å²) < 4.78 is 0. The molecule has 4 heteroatoms. The Morgan fingerprint density at radius 3 is 2.76 bits per heavy atom. The Labute approximate surface area is 105 Å². The minimum atomic E-state index is 0.322. The quantitative estimate of drug-likeness (QED) is 0.814. The number of para-hydroxylation sites is 1. The highest BCUT2D eigenvalue weighted by molar-refractivity contribution is 7.98. The first-order chi connectivity index (χ1) is 8.29. The molecule has 0 radical (unpaired) electrons. The van der Waals surface area contributed by atoms with Gasteiger partial charge >= 0.3 is 0 Å². The summed E-state index contributed by atoms with van der Waals surface area (Å²) in [5, 5.41) is 12.6. The van der Waals surface area contributed by atoms with Crippen molar-refractivity contribution in [3.8, 4) is 5.75 Å². The van der Waals surface area contributed by atoms with Crippen LogP contribution in [0.4, 0.5) is 5.82 Å². The lowest BCUT2D eigenvalue weighted by molar-refractivity contribution is 0.462. The zero-order valence-corrected chi connectivity index (χ0v) is 10.4. The number of phenols is 1. The maximum atomic E-state index is 9.64. The van der Waals surface area contributed by atoms with Gasteiger partial charge in [0.2, 0.25) is 0 Å². The standard InChI is InChI=1S/C13H14N2OS/c1-14-13-8-4-5-10(15-13)9-17-12-7-3-2-6-11(12)16/h2-8,16H,9H2,1H3,(H,14,15). The number of hydrogen-bond donors (Lipinski definition) is 2. The highest BCUT2D eigenvalue weighted by atomic mass is 32.2. The lowest BCUT2D eigenvalue weighted by Gasteiger charge is -2.05. The van der Waals surface area contributed by atoms with Gasteiger partial charge in [0.05, 0.1) is 5.69 Å². The summed E-state index contributed by atoms with van der Waals surface area (Å²) in [7, 11) is 1.85. The van der Waals surface area contributed by atoms with E-state index in [1.54, 1.807) is 17.8 Å². The molecule has 2 N–H and O–H groups in total. The van der Waals surface area contributed by atoms with Gasteiger partial charge in [-0.1, -0.05) is 18.2 Å². The van der Waals surface area contributed by atoms with Gasteiger partial charge in [0.15, 0.2) is 0 Å². The van der Waals surface area contributed by atoms with Crippen molar-refractivity contribution in [2.75, 3.05) is 12.4 Å². The Bertz CT molecular complexity index is 502. The lowest BCUT2D eigenvalue weighted by Crippen LogP contribution is -1.94. The van der Waals surface area contributed by atoms with E-state index in [1.807, 2.05) is 43.4 Å². The topological polar surface area (TPSA) is 45.1 Å². The summed E-state index contributed by atoms with van der Waals surface area (Å²) in [5.74, 6) is 1.93. The molecule has 88 valence electrons. The minimum Gasteiger partial charge on any atom is -0.507 e. The summed E-state index contributed by atoms with van der Waals surface area (Å²) >= 11 is 1.58. The monoisotopic (exact) mass is 246 g/mol. The number of pyridine rings is 1. The number of rotatable bonds is 4. The van der Waals surface area contributed by atoms with Crippen LogP contribution in [0.2, 0.25) is 0 Å². The van der Waals surface area contributed by atoms with Crippen molar-refractivity contribution in [2.45, 2.75) is 10.6 Å². The van der Waals surface area contributed by atoms with Crippen molar-refractivity contribution < 1.29 is 5.11 Å². The number of nitrogens with zero attached hydrogens (tertiary/aromatic N) is 1. The van der Waals surface area contributed by atoms with Gasteiger partial charge in [-0.3, -0.25) is 0 Å². The van der Waals surface area contributed by atoms with Gasteiger partial charge in [0.1, 0.15) is 11.6 Å². The molecular weight excluding hydrogens is 232 g/mol. The molecule has 0 fully saturated rings. The van der Waals surface area contributed by atoms with Crippen LogP contribution in [0.5, 0.6) is 5.75 Å². The minimum absolute atomic E-state index is 0.322. The molecule has 1 aromatic carbocycles. The van der Waals surface area contributed by atoms with Gasteiger partial charge in [-0.15, -0.1) is 11.8 Å². The van der Waals surface area contributed by atoms with Crippen molar-refractivity contribution in [1.29, 1.82) is 0 Å². The Balaban J connectivity index is 2.05. The van der Waals surface area contributed by atoms with Crippen LogP contribution < -0.4 is 5.32 Å². The first kappa shape index (κ1) is 11.8. The van der Waals surface area contributed by atoms with Crippen molar-refractivity contribution in [2.24, 2.45) is 0 Å². The Morgan fingerprint density at radius 2 is 2.00 bits per heavy atom. The maximum absolute atomic E-state index is 9.64. The lowest BCUT2D eigenvalue weighted by atomic mass is 10.3. The number of aromatic hydroxyl groups is 1. The Hall–Kier alpha value is -1.68. The fraction of sp³-hybridized carbons (Fsp3) is 0.154. The van der Waals surface area contributed by atoms with Gasteiger partial charge in [0.25, 0.3) is 0 Å². The van der Waals surface area contributed by atoms with E-state index in [4.69, 9.17) is 0 Å². The summed E-state index contributed by atoms with van der Waals surface area (Å²) in [5.41, 5.74) is 0.991. The van der Waals surface area contributed by atoms with E-state index < -0.39 is 0 Å². The number of nitrogens with one attached hydrogen (secondary N) is 1. The molecule has 0 bridgehead atoms. The Morgan fingerprint density at radius 1 is 1.18 bits per heavy atom. The molecule has 17 heavy (non-hydrogen) atoms. The van der Waals surface area contributed by atoms with Gasteiger partial charge in [-0.05, 0) is 24.3 Å². The number of benzene rings is 1. The van der Waals surface area contributed by atoms with Crippen LogP contribution in [0, 0.1) is 0 Å². The van der Waals surface area contributed by atoms with Crippen LogP contribution in [0.3, 0.4) is 0 Å². The fourth-order valence-corrected chi connectivity index (χ4v) is 2.28. The normalized spacial score (nSPS) is 10.2. The third-order valence-corrected chi connectivity index (χ3v) is 3.40. The number of phenolic OH excluding ortho intramolecular Hbond substituents is 1. The molecule has 0 aliphatic rings. The molecule has 0 aliphatic carbocycles. The molecule has 0 aliphatic heterocycles. The molecule has 0 unspecified atom stereocenters. The van der Waals surface area contributed by atoms with Crippen molar-refractivity contribution in [1.82, 2.24) is 4.98 Å².